The zero-order valence-electron chi connectivity index (χ0n) is 7.98. The van der Waals surface area contributed by atoms with Crippen LogP contribution in [0.3, 0.4) is 0 Å². The van der Waals surface area contributed by atoms with Crippen molar-refractivity contribution in [2.75, 3.05) is 0 Å². The van der Waals surface area contributed by atoms with E-state index in [4.69, 9.17) is 0 Å². The standard InChI is InChI=1S/C10H16N2O/c1-3-5-10(13)6-9-7-11-12(4-2)8-9/h3,7-8,10,13H,1,4-6H2,2H3. The van der Waals surface area contributed by atoms with E-state index in [1.165, 1.54) is 0 Å². The number of aliphatic hydroxyl groups is 1. The van der Waals surface area contributed by atoms with Crippen molar-refractivity contribution in [3.8, 4) is 0 Å². The Balaban J connectivity index is 2.48. The summed E-state index contributed by atoms with van der Waals surface area (Å²) in [7, 11) is 0. The second-order valence-corrected chi connectivity index (χ2v) is 3.09. The van der Waals surface area contributed by atoms with Gasteiger partial charge in [-0.1, -0.05) is 6.08 Å². The van der Waals surface area contributed by atoms with Crippen molar-refractivity contribution in [3.05, 3.63) is 30.6 Å². The predicted molar refractivity (Wildman–Crippen MR) is 52.4 cm³/mol. The average molecular weight is 180 g/mol. The molecular formula is C10H16N2O. The van der Waals surface area contributed by atoms with Crippen molar-refractivity contribution in [1.82, 2.24) is 9.78 Å². The highest BCUT2D eigenvalue weighted by Crippen LogP contribution is 2.05. The minimum atomic E-state index is -0.327. The van der Waals surface area contributed by atoms with E-state index >= 15 is 0 Å². The van der Waals surface area contributed by atoms with Gasteiger partial charge in [-0.2, -0.15) is 5.10 Å². The highest BCUT2D eigenvalue weighted by atomic mass is 16.3. The van der Waals surface area contributed by atoms with Gasteiger partial charge in [-0.3, -0.25) is 4.68 Å². The maximum atomic E-state index is 9.48. The Labute approximate surface area is 78.7 Å². The molecule has 0 radical (unpaired) electrons. The Morgan fingerprint density at radius 1 is 1.77 bits per heavy atom. The molecule has 13 heavy (non-hydrogen) atoms. The van der Waals surface area contributed by atoms with Gasteiger partial charge in [0.25, 0.3) is 0 Å². The number of hydrogen-bond donors (Lipinski definition) is 1. The Morgan fingerprint density at radius 3 is 3.08 bits per heavy atom. The fourth-order valence-corrected chi connectivity index (χ4v) is 1.23. The topological polar surface area (TPSA) is 38.1 Å². The van der Waals surface area contributed by atoms with E-state index in [9.17, 15) is 5.11 Å². The molecule has 0 saturated carbocycles. The zero-order chi connectivity index (χ0) is 9.68. The van der Waals surface area contributed by atoms with Crippen molar-refractivity contribution >= 4 is 0 Å². The molecule has 0 spiro atoms. The minimum absolute atomic E-state index is 0.327. The first kappa shape index (κ1) is 9.99. The van der Waals surface area contributed by atoms with Gasteiger partial charge in [0.1, 0.15) is 0 Å². The fourth-order valence-electron chi connectivity index (χ4n) is 1.23. The van der Waals surface area contributed by atoms with Crippen LogP contribution in [-0.2, 0) is 13.0 Å². The highest BCUT2D eigenvalue weighted by Gasteiger charge is 2.04. The van der Waals surface area contributed by atoms with Crippen LogP contribution in [0.1, 0.15) is 18.9 Å². The van der Waals surface area contributed by atoms with Gasteiger partial charge < -0.3 is 5.11 Å². The monoisotopic (exact) mass is 180 g/mol. The van der Waals surface area contributed by atoms with E-state index in [0.717, 1.165) is 12.1 Å². The van der Waals surface area contributed by atoms with Gasteiger partial charge in [0.15, 0.2) is 0 Å². The lowest BCUT2D eigenvalue weighted by Crippen LogP contribution is -2.08. The van der Waals surface area contributed by atoms with Crippen LogP contribution in [0.4, 0.5) is 0 Å². The van der Waals surface area contributed by atoms with Crippen LogP contribution in [0.15, 0.2) is 25.0 Å². The molecule has 3 heteroatoms. The summed E-state index contributed by atoms with van der Waals surface area (Å²) in [5.41, 5.74) is 1.08. The van der Waals surface area contributed by atoms with E-state index < -0.39 is 0 Å². The Hall–Kier alpha value is -1.09. The third kappa shape index (κ3) is 3.03. The smallest absolute Gasteiger partial charge is 0.0615 e. The molecule has 1 N–H and O–H groups in total. The molecule has 1 aromatic heterocycles. The Morgan fingerprint density at radius 2 is 2.54 bits per heavy atom. The number of aryl methyl sites for hydroxylation is 1. The first-order valence-electron chi connectivity index (χ1n) is 4.56. The number of aromatic nitrogens is 2. The molecule has 1 unspecified atom stereocenters. The molecule has 0 bridgehead atoms. The van der Waals surface area contributed by atoms with Crippen molar-refractivity contribution in [2.45, 2.75) is 32.4 Å². The van der Waals surface area contributed by atoms with Crippen LogP contribution in [0.2, 0.25) is 0 Å². The number of hydrogen-bond acceptors (Lipinski definition) is 2. The lowest BCUT2D eigenvalue weighted by atomic mass is 10.1. The van der Waals surface area contributed by atoms with Crippen LogP contribution < -0.4 is 0 Å². The Kier molecular flexibility index (Phi) is 3.71. The van der Waals surface area contributed by atoms with Crippen molar-refractivity contribution < 1.29 is 5.11 Å². The molecule has 1 aromatic rings. The van der Waals surface area contributed by atoms with Gasteiger partial charge in [-0.15, -0.1) is 6.58 Å². The summed E-state index contributed by atoms with van der Waals surface area (Å²) in [5.74, 6) is 0. The fraction of sp³-hybridized carbons (Fsp3) is 0.500. The lowest BCUT2D eigenvalue weighted by Gasteiger charge is -2.04. The maximum Gasteiger partial charge on any atom is 0.0615 e. The van der Waals surface area contributed by atoms with E-state index in [2.05, 4.69) is 11.7 Å². The third-order valence-electron chi connectivity index (χ3n) is 1.92. The molecule has 1 rings (SSSR count). The molecule has 72 valence electrons. The summed E-state index contributed by atoms with van der Waals surface area (Å²) in [6, 6.07) is 0. The van der Waals surface area contributed by atoms with Gasteiger partial charge in [0.05, 0.1) is 12.3 Å². The molecule has 0 saturated heterocycles. The second kappa shape index (κ2) is 4.82. The molecule has 1 atom stereocenters. The van der Waals surface area contributed by atoms with E-state index in [-0.39, 0.29) is 6.10 Å². The van der Waals surface area contributed by atoms with Crippen molar-refractivity contribution in [2.24, 2.45) is 0 Å². The molecule has 0 fully saturated rings. The summed E-state index contributed by atoms with van der Waals surface area (Å²) in [5, 5.41) is 13.6. The van der Waals surface area contributed by atoms with Crippen molar-refractivity contribution in [1.29, 1.82) is 0 Å². The lowest BCUT2D eigenvalue weighted by molar-refractivity contribution is 0.178. The van der Waals surface area contributed by atoms with E-state index in [1.54, 1.807) is 12.3 Å². The molecule has 0 aliphatic carbocycles. The number of aliphatic hydroxyl groups excluding tert-OH is 1. The average Bonchev–Trinajstić information content (AvgIpc) is 2.52. The first-order chi connectivity index (χ1) is 6.26. The van der Waals surface area contributed by atoms with Gasteiger partial charge in [-0.25, -0.2) is 0 Å². The summed E-state index contributed by atoms with van der Waals surface area (Å²) < 4.78 is 1.86. The molecule has 3 nitrogen and oxygen atoms in total. The molecule has 0 aliphatic heterocycles. The van der Waals surface area contributed by atoms with E-state index in [0.29, 0.717) is 12.8 Å². The van der Waals surface area contributed by atoms with Crippen LogP contribution in [-0.4, -0.2) is 21.0 Å². The van der Waals surface area contributed by atoms with Crippen LogP contribution >= 0.6 is 0 Å². The largest absolute Gasteiger partial charge is 0.392 e. The molecular weight excluding hydrogens is 164 g/mol. The SMILES string of the molecule is C=CCC(O)Cc1cnn(CC)c1. The number of rotatable bonds is 5. The summed E-state index contributed by atoms with van der Waals surface area (Å²) in [6.07, 6.45) is 6.47. The van der Waals surface area contributed by atoms with Gasteiger partial charge in [0.2, 0.25) is 0 Å². The highest BCUT2D eigenvalue weighted by molar-refractivity contribution is 5.05. The maximum absolute atomic E-state index is 9.48. The summed E-state index contributed by atoms with van der Waals surface area (Å²) >= 11 is 0. The second-order valence-electron chi connectivity index (χ2n) is 3.09. The molecule has 0 amide bonds. The quantitative estimate of drug-likeness (QED) is 0.695. The summed E-state index contributed by atoms with van der Waals surface area (Å²) in [4.78, 5) is 0. The van der Waals surface area contributed by atoms with E-state index in [1.807, 2.05) is 17.8 Å². The van der Waals surface area contributed by atoms with Crippen LogP contribution in [0.25, 0.3) is 0 Å². The van der Waals surface area contributed by atoms with Crippen LogP contribution in [0, 0.1) is 0 Å². The molecule has 1 heterocycles. The van der Waals surface area contributed by atoms with Crippen molar-refractivity contribution in [3.63, 3.8) is 0 Å². The summed E-state index contributed by atoms with van der Waals surface area (Å²) in [6.45, 7) is 6.49. The predicted octanol–water partition coefficient (Wildman–Crippen LogP) is 1.38. The third-order valence-corrected chi connectivity index (χ3v) is 1.92. The van der Waals surface area contributed by atoms with Gasteiger partial charge in [-0.05, 0) is 18.9 Å². The van der Waals surface area contributed by atoms with Gasteiger partial charge in [0, 0.05) is 19.2 Å². The Bertz CT molecular complexity index is 268. The van der Waals surface area contributed by atoms with Gasteiger partial charge >= 0.3 is 0 Å². The first-order valence-corrected chi connectivity index (χ1v) is 4.56. The normalized spacial score (nSPS) is 12.8. The zero-order valence-corrected chi connectivity index (χ0v) is 7.98. The van der Waals surface area contributed by atoms with Crippen LogP contribution in [0.5, 0.6) is 0 Å². The number of nitrogens with zero attached hydrogens (tertiary/aromatic N) is 2. The molecule has 0 aromatic carbocycles. The molecule has 0 aliphatic rings. The minimum Gasteiger partial charge on any atom is -0.392 e.